The predicted octanol–water partition coefficient (Wildman–Crippen LogP) is 5.87. The van der Waals surface area contributed by atoms with Gasteiger partial charge in [-0.05, 0) is 72.8 Å². The van der Waals surface area contributed by atoms with Gasteiger partial charge in [-0.1, -0.05) is 77.5 Å². The van der Waals surface area contributed by atoms with E-state index in [9.17, 15) is 0 Å². The van der Waals surface area contributed by atoms with Crippen molar-refractivity contribution in [1.82, 2.24) is 4.90 Å². The number of hydrogen-bond donors (Lipinski definition) is 1. The van der Waals surface area contributed by atoms with Crippen LogP contribution in [0.5, 0.6) is 0 Å². The Morgan fingerprint density at radius 2 is 1.86 bits per heavy atom. The molecule has 2 atom stereocenters. The van der Waals surface area contributed by atoms with Crippen molar-refractivity contribution in [2.45, 2.75) is 44.2 Å². The molecular weight excluding hydrogens is 408 g/mol. The average molecular weight is 437 g/mol. The Hall–Kier alpha value is -1.68. The van der Waals surface area contributed by atoms with E-state index in [0.29, 0.717) is 6.04 Å². The van der Waals surface area contributed by atoms with Crippen molar-refractivity contribution in [3.63, 3.8) is 0 Å². The Morgan fingerprint density at radius 3 is 2.68 bits per heavy atom. The third kappa shape index (κ3) is 4.03. The third-order valence-corrected chi connectivity index (χ3v) is 6.73. The summed E-state index contributed by atoms with van der Waals surface area (Å²) in [5.41, 5.74) is 9.48. The van der Waals surface area contributed by atoms with Crippen LogP contribution in [0.4, 0.5) is 0 Å². The number of benzene rings is 3. The molecule has 0 saturated carbocycles. The lowest BCUT2D eigenvalue weighted by atomic mass is 9.77. The molecule has 0 radical (unpaired) electrons. The molecule has 0 amide bonds. The highest BCUT2D eigenvalue weighted by atomic mass is 79.9. The van der Waals surface area contributed by atoms with Crippen molar-refractivity contribution in [1.29, 1.82) is 0 Å². The summed E-state index contributed by atoms with van der Waals surface area (Å²) in [5.74, 6) is 0. The molecule has 1 aliphatic heterocycles. The number of halogens is 1. The fraction of sp³-hybridized carbons (Fsp3) is 0.360. The van der Waals surface area contributed by atoms with Crippen LogP contribution in [0.3, 0.4) is 0 Å². The maximum Gasteiger partial charge on any atom is 0.0471 e. The minimum atomic E-state index is -0.399. The van der Waals surface area contributed by atoms with Gasteiger partial charge in [0.2, 0.25) is 0 Å². The molecule has 0 spiro atoms. The highest BCUT2D eigenvalue weighted by molar-refractivity contribution is 9.10. The fourth-order valence-electron chi connectivity index (χ4n) is 4.91. The topological polar surface area (TPSA) is 29.3 Å². The zero-order valence-electron chi connectivity index (χ0n) is 16.6. The average Bonchev–Trinajstić information content (AvgIpc) is 3.14. The molecule has 3 aromatic carbocycles. The van der Waals surface area contributed by atoms with E-state index in [-0.39, 0.29) is 0 Å². The predicted molar refractivity (Wildman–Crippen MR) is 123 cm³/mol. The van der Waals surface area contributed by atoms with Crippen molar-refractivity contribution in [2.24, 2.45) is 5.73 Å². The van der Waals surface area contributed by atoms with Gasteiger partial charge < -0.3 is 10.6 Å². The molecule has 146 valence electrons. The van der Waals surface area contributed by atoms with Crippen LogP contribution in [0.2, 0.25) is 0 Å². The van der Waals surface area contributed by atoms with Crippen LogP contribution >= 0.6 is 15.9 Å². The summed E-state index contributed by atoms with van der Waals surface area (Å²) in [7, 11) is 0. The van der Waals surface area contributed by atoms with E-state index >= 15 is 0 Å². The molecule has 0 aliphatic carbocycles. The molecule has 28 heavy (non-hydrogen) atoms. The van der Waals surface area contributed by atoms with Gasteiger partial charge in [0.15, 0.2) is 0 Å². The van der Waals surface area contributed by atoms with Gasteiger partial charge in [-0.25, -0.2) is 0 Å². The highest BCUT2D eigenvalue weighted by Crippen LogP contribution is 2.37. The minimum Gasteiger partial charge on any atom is -0.321 e. The smallest absolute Gasteiger partial charge is 0.0471 e. The molecule has 4 rings (SSSR count). The van der Waals surface area contributed by atoms with Gasteiger partial charge in [-0.15, -0.1) is 0 Å². The molecule has 1 aliphatic rings. The molecular formula is C25H29BrN2. The van der Waals surface area contributed by atoms with Gasteiger partial charge in [0.25, 0.3) is 0 Å². The third-order valence-electron chi connectivity index (χ3n) is 6.24. The number of rotatable bonds is 6. The lowest BCUT2D eigenvalue weighted by Gasteiger charge is -2.36. The van der Waals surface area contributed by atoms with Crippen molar-refractivity contribution in [2.75, 3.05) is 13.1 Å². The SMILES string of the molecule is CCN1CCCC1CC(N)(Cc1cccc(Br)c1)c1cccc2ccccc12. The lowest BCUT2D eigenvalue weighted by molar-refractivity contribution is 0.211. The number of hydrogen-bond acceptors (Lipinski definition) is 2. The van der Waals surface area contributed by atoms with Gasteiger partial charge in [-0.3, -0.25) is 0 Å². The molecule has 2 N–H and O–H groups in total. The number of likely N-dealkylation sites (tertiary alicyclic amines) is 1. The Bertz CT molecular complexity index is 949. The molecule has 1 fully saturated rings. The van der Waals surface area contributed by atoms with Crippen LogP contribution in [0.15, 0.2) is 71.2 Å². The van der Waals surface area contributed by atoms with E-state index < -0.39 is 5.54 Å². The number of nitrogens with zero attached hydrogens (tertiary/aromatic N) is 1. The van der Waals surface area contributed by atoms with Crippen molar-refractivity contribution in [3.05, 3.63) is 82.3 Å². The zero-order valence-corrected chi connectivity index (χ0v) is 18.2. The van der Waals surface area contributed by atoms with Crippen LogP contribution in [0.25, 0.3) is 10.8 Å². The Kier molecular flexibility index (Phi) is 5.86. The van der Waals surface area contributed by atoms with E-state index in [1.54, 1.807) is 0 Å². The van der Waals surface area contributed by atoms with E-state index in [0.717, 1.165) is 23.9 Å². The molecule has 0 bridgehead atoms. The van der Waals surface area contributed by atoms with Gasteiger partial charge >= 0.3 is 0 Å². The monoisotopic (exact) mass is 436 g/mol. The summed E-state index contributed by atoms with van der Waals surface area (Å²) < 4.78 is 1.11. The quantitative estimate of drug-likeness (QED) is 0.522. The zero-order chi connectivity index (χ0) is 19.6. The van der Waals surface area contributed by atoms with Crippen LogP contribution in [-0.4, -0.2) is 24.0 Å². The summed E-state index contributed by atoms with van der Waals surface area (Å²) in [4.78, 5) is 2.60. The van der Waals surface area contributed by atoms with E-state index in [4.69, 9.17) is 5.73 Å². The molecule has 3 aromatic rings. The maximum absolute atomic E-state index is 7.32. The molecule has 1 heterocycles. The molecule has 3 heteroatoms. The molecule has 2 nitrogen and oxygen atoms in total. The van der Waals surface area contributed by atoms with Crippen LogP contribution < -0.4 is 5.73 Å². The maximum atomic E-state index is 7.32. The first kappa shape index (κ1) is 19.6. The highest BCUT2D eigenvalue weighted by Gasteiger charge is 2.36. The van der Waals surface area contributed by atoms with E-state index in [2.05, 4.69) is 94.5 Å². The van der Waals surface area contributed by atoms with Crippen molar-refractivity contribution in [3.8, 4) is 0 Å². The van der Waals surface area contributed by atoms with Gasteiger partial charge in [-0.2, -0.15) is 0 Å². The molecule has 2 unspecified atom stereocenters. The summed E-state index contributed by atoms with van der Waals surface area (Å²) in [6.07, 6.45) is 4.35. The second kappa shape index (κ2) is 8.36. The Morgan fingerprint density at radius 1 is 1.07 bits per heavy atom. The van der Waals surface area contributed by atoms with Gasteiger partial charge in [0.05, 0.1) is 0 Å². The van der Waals surface area contributed by atoms with Gasteiger partial charge in [0.1, 0.15) is 0 Å². The summed E-state index contributed by atoms with van der Waals surface area (Å²) in [6, 6.07) is 24.4. The Labute approximate surface area is 176 Å². The lowest BCUT2D eigenvalue weighted by Crippen LogP contribution is -2.45. The van der Waals surface area contributed by atoms with E-state index in [1.165, 1.54) is 41.3 Å². The number of fused-ring (bicyclic) bond motifs is 1. The Balaban J connectivity index is 1.78. The fourth-order valence-corrected chi connectivity index (χ4v) is 5.36. The first-order valence-electron chi connectivity index (χ1n) is 10.3. The van der Waals surface area contributed by atoms with Crippen molar-refractivity contribution >= 4 is 26.7 Å². The largest absolute Gasteiger partial charge is 0.321 e. The van der Waals surface area contributed by atoms with Gasteiger partial charge in [0, 0.05) is 16.1 Å². The second-order valence-electron chi connectivity index (χ2n) is 8.12. The normalized spacial score (nSPS) is 19.8. The van der Waals surface area contributed by atoms with Crippen LogP contribution in [-0.2, 0) is 12.0 Å². The first-order valence-corrected chi connectivity index (χ1v) is 11.1. The summed E-state index contributed by atoms with van der Waals surface area (Å²) in [6.45, 7) is 4.57. The van der Waals surface area contributed by atoms with Crippen molar-refractivity contribution < 1.29 is 0 Å². The van der Waals surface area contributed by atoms with Crippen LogP contribution in [0, 0.1) is 0 Å². The minimum absolute atomic E-state index is 0.399. The van der Waals surface area contributed by atoms with Crippen LogP contribution in [0.1, 0.15) is 37.3 Å². The molecule has 1 saturated heterocycles. The second-order valence-corrected chi connectivity index (χ2v) is 9.03. The summed E-state index contributed by atoms with van der Waals surface area (Å²) >= 11 is 3.63. The number of nitrogens with two attached hydrogens (primary N) is 1. The van der Waals surface area contributed by atoms with E-state index in [1.807, 2.05) is 0 Å². The standard InChI is InChI=1S/C25H29BrN2/c1-2-28-15-7-12-22(28)18-25(27,17-19-8-5-11-21(26)16-19)24-14-6-10-20-9-3-4-13-23(20)24/h3-6,8-11,13-14,16,22H,2,7,12,15,17-18,27H2,1H3. The molecule has 0 aromatic heterocycles. The first-order chi connectivity index (χ1) is 13.6. The summed E-state index contributed by atoms with van der Waals surface area (Å²) in [5, 5.41) is 2.55.